The lowest BCUT2D eigenvalue weighted by Crippen LogP contribution is -2.30. The Hall–Kier alpha value is -2.84. The van der Waals surface area contributed by atoms with E-state index in [0.717, 1.165) is 37.1 Å². The van der Waals surface area contributed by atoms with Crippen LogP contribution in [0.1, 0.15) is 34.8 Å². The van der Waals surface area contributed by atoms with Crippen LogP contribution in [0.4, 0.5) is 20.3 Å². The third-order valence-corrected chi connectivity index (χ3v) is 6.73. The van der Waals surface area contributed by atoms with Crippen molar-refractivity contribution in [3.05, 3.63) is 59.7 Å². The van der Waals surface area contributed by atoms with Gasteiger partial charge >= 0.3 is 5.57 Å². The van der Waals surface area contributed by atoms with E-state index in [2.05, 4.69) is 15.4 Å². The normalized spacial score (nSPS) is 19.2. The minimum atomic E-state index is -3.78. The molecule has 0 unspecified atom stereocenters. The Kier molecular flexibility index (Phi) is 6.12. The van der Waals surface area contributed by atoms with Crippen molar-refractivity contribution in [3.8, 4) is 17.0 Å². The summed E-state index contributed by atoms with van der Waals surface area (Å²) in [4.78, 5) is 13.0. The zero-order valence-corrected chi connectivity index (χ0v) is 19.5. The summed E-state index contributed by atoms with van der Waals surface area (Å²) in [5.41, 5.74) is 0.272. The van der Waals surface area contributed by atoms with Crippen LogP contribution >= 0.6 is 23.2 Å². The molecule has 1 amide bonds. The fourth-order valence-corrected chi connectivity index (χ4v) is 4.74. The van der Waals surface area contributed by atoms with E-state index in [1.165, 1.54) is 12.1 Å². The zero-order chi connectivity index (χ0) is 23.9. The highest BCUT2D eigenvalue weighted by atomic mass is 35.5. The molecular weight excluding hydrogens is 485 g/mol. The smallest absolute Gasteiger partial charge is 0.420 e. The lowest BCUT2D eigenvalue weighted by Gasteiger charge is -2.35. The van der Waals surface area contributed by atoms with E-state index in [0.29, 0.717) is 34.4 Å². The predicted molar refractivity (Wildman–Crippen MR) is 128 cm³/mol. The Bertz CT molecular complexity index is 1200. The number of amides is 1. The standard InChI is InChI=1S/C24H22Cl2F2N4O2/c25-13-14-9-18(10-14)32-22(30-23(33)17-3-6-20-16(11-17)7-8-29-20)12-21(31-32)15-1-4-19(5-2-15)34-24(26,27)28/h1-6,11-12,14,18,29H,7-10,13H2,(H,30,33). The van der Waals surface area contributed by atoms with Gasteiger partial charge in [-0.05, 0) is 73.2 Å². The number of ether oxygens (including phenoxy) is 1. The van der Waals surface area contributed by atoms with E-state index in [9.17, 15) is 13.6 Å². The highest BCUT2D eigenvalue weighted by Gasteiger charge is 2.33. The van der Waals surface area contributed by atoms with Crippen molar-refractivity contribution in [2.24, 2.45) is 5.92 Å². The summed E-state index contributed by atoms with van der Waals surface area (Å²) in [6.07, 6.45) is 2.63. The molecule has 0 bridgehead atoms. The van der Waals surface area contributed by atoms with Gasteiger partial charge in [0.1, 0.15) is 11.6 Å². The molecule has 1 aliphatic heterocycles. The fraction of sp³-hybridized carbons (Fsp3) is 0.333. The summed E-state index contributed by atoms with van der Waals surface area (Å²) < 4.78 is 32.0. The van der Waals surface area contributed by atoms with Gasteiger partial charge in [-0.25, -0.2) is 4.68 Å². The molecule has 1 fully saturated rings. The second kappa shape index (κ2) is 9.07. The molecule has 5 rings (SSSR count). The van der Waals surface area contributed by atoms with Crippen LogP contribution in [-0.4, -0.2) is 33.7 Å². The van der Waals surface area contributed by atoms with Crippen LogP contribution in [0.5, 0.6) is 5.75 Å². The molecule has 0 atom stereocenters. The monoisotopic (exact) mass is 506 g/mol. The summed E-state index contributed by atoms with van der Waals surface area (Å²) in [5, 5.41) is 11.0. The Labute approximate surface area is 205 Å². The number of halogens is 4. The minimum Gasteiger partial charge on any atom is -0.420 e. The molecule has 0 saturated heterocycles. The van der Waals surface area contributed by atoms with Gasteiger partial charge in [-0.15, -0.1) is 20.4 Å². The number of hydrogen-bond acceptors (Lipinski definition) is 4. The Morgan fingerprint density at radius 1 is 1.21 bits per heavy atom. The van der Waals surface area contributed by atoms with Crippen LogP contribution in [-0.2, 0) is 6.42 Å². The van der Waals surface area contributed by atoms with Gasteiger partial charge in [0.15, 0.2) is 0 Å². The zero-order valence-electron chi connectivity index (χ0n) is 18.0. The van der Waals surface area contributed by atoms with Crippen LogP contribution in [0, 0.1) is 5.92 Å². The fourth-order valence-electron chi connectivity index (χ4n) is 4.40. The molecule has 1 aromatic heterocycles. The molecular formula is C24H22Cl2F2N4O2. The maximum Gasteiger partial charge on any atom is 0.487 e. The van der Waals surface area contributed by atoms with Gasteiger partial charge < -0.3 is 15.4 Å². The Balaban J connectivity index is 1.40. The highest BCUT2D eigenvalue weighted by molar-refractivity contribution is 6.20. The summed E-state index contributed by atoms with van der Waals surface area (Å²) in [6.45, 7) is 0.867. The number of nitrogens with zero attached hydrogens (tertiary/aromatic N) is 2. The maximum absolute atomic E-state index is 13.0. The van der Waals surface area contributed by atoms with E-state index in [-0.39, 0.29) is 17.7 Å². The first-order valence-electron chi connectivity index (χ1n) is 11.0. The van der Waals surface area contributed by atoms with Crippen molar-refractivity contribution in [1.29, 1.82) is 0 Å². The molecule has 1 saturated carbocycles. The highest BCUT2D eigenvalue weighted by Crippen LogP contribution is 2.41. The van der Waals surface area contributed by atoms with E-state index >= 15 is 0 Å². The van der Waals surface area contributed by atoms with Crippen molar-refractivity contribution in [3.63, 3.8) is 0 Å². The first kappa shape index (κ1) is 22.9. The maximum atomic E-state index is 13.0. The summed E-state index contributed by atoms with van der Waals surface area (Å²) in [5.74, 6) is 1.29. The molecule has 10 heteroatoms. The number of aromatic nitrogens is 2. The van der Waals surface area contributed by atoms with Gasteiger partial charge in [0.2, 0.25) is 0 Å². The predicted octanol–water partition coefficient (Wildman–Crippen LogP) is 6.13. The van der Waals surface area contributed by atoms with Crippen molar-refractivity contribution >= 4 is 40.6 Å². The van der Waals surface area contributed by atoms with Crippen molar-refractivity contribution in [1.82, 2.24) is 9.78 Å². The summed E-state index contributed by atoms with van der Waals surface area (Å²) >= 11 is 10.8. The summed E-state index contributed by atoms with van der Waals surface area (Å²) in [6, 6.07) is 13.6. The number of rotatable bonds is 7. The number of nitrogens with one attached hydrogen (secondary N) is 2. The molecule has 3 aromatic rings. The number of alkyl halides is 4. The van der Waals surface area contributed by atoms with Gasteiger partial charge in [-0.2, -0.15) is 5.10 Å². The van der Waals surface area contributed by atoms with Gasteiger partial charge in [-0.3, -0.25) is 4.79 Å². The van der Waals surface area contributed by atoms with E-state index in [4.69, 9.17) is 28.3 Å². The molecule has 0 radical (unpaired) electrons. The average molecular weight is 507 g/mol. The summed E-state index contributed by atoms with van der Waals surface area (Å²) in [7, 11) is 0. The van der Waals surface area contributed by atoms with E-state index < -0.39 is 5.57 Å². The van der Waals surface area contributed by atoms with Crippen LogP contribution in [0.2, 0.25) is 0 Å². The molecule has 2 aromatic carbocycles. The number of fused-ring (bicyclic) bond motifs is 1. The van der Waals surface area contributed by atoms with E-state index in [1.807, 2.05) is 16.8 Å². The second-order valence-electron chi connectivity index (χ2n) is 8.58. The first-order valence-corrected chi connectivity index (χ1v) is 11.9. The molecule has 34 heavy (non-hydrogen) atoms. The van der Waals surface area contributed by atoms with Crippen molar-refractivity contribution in [2.45, 2.75) is 30.9 Å². The van der Waals surface area contributed by atoms with Crippen molar-refractivity contribution in [2.75, 3.05) is 23.1 Å². The molecule has 2 heterocycles. The van der Waals surface area contributed by atoms with Gasteiger partial charge in [0, 0.05) is 46.9 Å². The van der Waals surface area contributed by atoms with Gasteiger partial charge in [0.05, 0.1) is 11.7 Å². The number of carbonyl (C=O) groups excluding carboxylic acids is 1. The third kappa shape index (κ3) is 4.83. The van der Waals surface area contributed by atoms with Crippen molar-refractivity contribution < 1.29 is 18.3 Å². The van der Waals surface area contributed by atoms with E-state index in [1.54, 1.807) is 24.3 Å². The largest absolute Gasteiger partial charge is 0.487 e. The number of benzene rings is 2. The number of carbonyl (C=O) groups is 1. The minimum absolute atomic E-state index is 0.0632. The number of anilines is 2. The van der Waals surface area contributed by atoms with Crippen LogP contribution < -0.4 is 15.4 Å². The topological polar surface area (TPSA) is 68.2 Å². The molecule has 2 N–H and O–H groups in total. The van der Waals surface area contributed by atoms with Crippen LogP contribution in [0.15, 0.2) is 48.5 Å². The molecule has 2 aliphatic rings. The first-order chi connectivity index (χ1) is 16.3. The molecule has 178 valence electrons. The third-order valence-electron chi connectivity index (χ3n) is 6.21. The Morgan fingerprint density at radius 3 is 2.68 bits per heavy atom. The van der Waals surface area contributed by atoms with Crippen LogP contribution in [0.3, 0.4) is 0 Å². The van der Waals surface area contributed by atoms with Gasteiger partial charge in [-0.1, -0.05) is 0 Å². The Morgan fingerprint density at radius 2 is 1.97 bits per heavy atom. The number of hydrogen-bond donors (Lipinski definition) is 2. The molecule has 1 aliphatic carbocycles. The molecule has 0 spiro atoms. The lowest BCUT2D eigenvalue weighted by molar-refractivity contribution is -0.0964. The molecule has 6 nitrogen and oxygen atoms in total. The second-order valence-corrected chi connectivity index (χ2v) is 9.33. The SMILES string of the molecule is O=C(Nc1cc(-c2ccc(OC(F)(F)Cl)cc2)nn1C1CC(CCl)C1)c1ccc2c(c1)CCN2. The van der Waals surface area contributed by atoms with Crippen LogP contribution in [0.25, 0.3) is 11.3 Å². The quantitative estimate of drug-likeness (QED) is 0.378. The average Bonchev–Trinajstić information content (AvgIpc) is 3.39. The lowest BCUT2D eigenvalue weighted by atomic mass is 9.82. The van der Waals surface area contributed by atoms with Gasteiger partial charge in [0.25, 0.3) is 5.91 Å².